The predicted molar refractivity (Wildman–Crippen MR) is 64.7 cm³/mol. The standard InChI is InChI=1S/C14H19N/c1-10(2)14(15)13-8-7-11-5-3-4-6-12(11)9-13/h3-6,13-14H,1,7-9,15H2,2H3. The van der Waals surface area contributed by atoms with Crippen molar-refractivity contribution >= 4 is 0 Å². The van der Waals surface area contributed by atoms with Crippen molar-refractivity contribution in [1.29, 1.82) is 0 Å². The molecule has 0 saturated heterocycles. The first-order chi connectivity index (χ1) is 7.18. The molecule has 0 aromatic heterocycles. The van der Waals surface area contributed by atoms with Gasteiger partial charge in [0, 0.05) is 6.04 Å². The van der Waals surface area contributed by atoms with Crippen molar-refractivity contribution in [2.24, 2.45) is 11.7 Å². The summed E-state index contributed by atoms with van der Waals surface area (Å²) >= 11 is 0. The van der Waals surface area contributed by atoms with Gasteiger partial charge in [-0.25, -0.2) is 0 Å². The average Bonchev–Trinajstić information content (AvgIpc) is 2.27. The Hall–Kier alpha value is -1.08. The van der Waals surface area contributed by atoms with Crippen LogP contribution >= 0.6 is 0 Å². The molecule has 1 aliphatic carbocycles. The third kappa shape index (κ3) is 2.13. The third-order valence-electron chi connectivity index (χ3n) is 3.46. The van der Waals surface area contributed by atoms with Crippen molar-refractivity contribution in [3.8, 4) is 0 Å². The summed E-state index contributed by atoms with van der Waals surface area (Å²) in [6, 6.07) is 8.87. The summed E-state index contributed by atoms with van der Waals surface area (Å²) in [6.07, 6.45) is 3.48. The number of rotatable bonds is 2. The number of aryl methyl sites for hydroxylation is 1. The molecular formula is C14H19N. The monoisotopic (exact) mass is 201 g/mol. The van der Waals surface area contributed by atoms with Crippen LogP contribution in [0, 0.1) is 5.92 Å². The second-order valence-electron chi connectivity index (χ2n) is 4.64. The summed E-state index contributed by atoms with van der Waals surface area (Å²) in [4.78, 5) is 0. The summed E-state index contributed by atoms with van der Waals surface area (Å²) in [5, 5.41) is 0. The van der Waals surface area contributed by atoms with Gasteiger partial charge >= 0.3 is 0 Å². The van der Waals surface area contributed by atoms with Crippen LogP contribution in [0.1, 0.15) is 24.5 Å². The van der Waals surface area contributed by atoms with Crippen molar-refractivity contribution in [3.63, 3.8) is 0 Å². The first-order valence-corrected chi connectivity index (χ1v) is 5.66. The Kier molecular flexibility index (Phi) is 2.92. The highest BCUT2D eigenvalue weighted by Gasteiger charge is 2.23. The van der Waals surface area contributed by atoms with Gasteiger partial charge < -0.3 is 5.73 Å². The van der Waals surface area contributed by atoms with Gasteiger partial charge in [0.25, 0.3) is 0 Å². The maximum absolute atomic E-state index is 6.15. The highest BCUT2D eigenvalue weighted by Crippen LogP contribution is 2.28. The molecule has 2 unspecified atom stereocenters. The maximum atomic E-state index is 6.15. The molecule has 80 valence electrons. The molecule has 2 N–H and O–H groups in total. The first-order valence-electron chi connectivity index (χ1n) is 5.66. The van der Waals surface area contributed by atoms with E-state index in [9.17, 15) is 0 Å². The van der Waals surface area contributed by atoms with Crippen molar-refractivity contribution in [1.82, 2.24) is 0 Å². The van der Waals surface area contributed by atoms with E-state index in [-0.39, 0.29) is 6.04 Å². The normalized spacial score (nSPS) is 21.9. The zero-order valence-corrected chi connectivity index (χ0v) is 9.37. The largest absolute Gasteiger partial charge is 0.324 e. The smallest absolute Gasteiger partial charge is 0.0280 e. The molecule has 0 heterocycles. The summed E-state index contributed by atoms with van der Waals surface area (Å²) in [5.74, 6) is 0.581. The van der Waals surface area contributed by atoms with E-state index in [1.807, 2.05) is 6.92 Å². The zero-order valence-electron chi connectivity index (χ0n) is 9.37. The van der Waals surface area contributed by atoms with Crippen molar-refractivity contribution in [3.05, 3.63) is 47.5 Å². The van der Waals surface area contributed by atoms with Crippen molar-refractivity contribution in [2.75, 3.05) is 0 Å². The van der Waals surface area contributed by atoms with E-state index < -0.39 is 0 Å². The average molecular weight is 201 g/mol. The number of nitrogens with two attached hydrogens (primary N) is 1. The van der Waals surface area contributed by atoms with Crippen LogP contribution in [0.5, 0.6) is 0 Å². The highest BCUT2D eigenvalue weighted by atomic mass is 14.7. The summed E-state index contributed by atoms with van der Waals surface area (Å²) in [7, 11) is 0. The lowest BCUT2D eigenvalue weighted by atomic mass is 9.79. The molecule has 1 aromatic carbocycles. The quantitative estimate of drug-likeness (QED) is 0.731. The van der Waals surface area contributed by atoms with Gasteiger partial charge in [0.05, 0.1) is 0 Å². The second-order valence-corrected chi connectivity index (χ2v) is 4.64. The molecule has 15 heavy (non-hydrogen) atoms. The van der Waals surface area contributed by atoms with Gasteiger partial charge in [-0.3, -0.25) is 0 Å². The molecule has 0 radical (unpaired) electrons. The third-order valence-corrected chi connectivity index (χ3v) is 3.46. The van der Waals surface area contributed by atoms with Crippen LogP contribution in [0.3, 0.4) is 0 Å². The summed E-state index contributed by atoms with van der Waals surface area (Å²) in [6.45, 7) is 5.99. The second kappa shape index (κ2) is 4.19. The predicted octanol–water partition coefficient (Wildman–Crippen LogP) is 2.69. The molecule has 0 aliphatic heterocycles. The molecule has 1 aromatic rings. The lowest BCUT2D eigenvalue weighted by Gasteiger charge is -2.29. The Morgan fingerprint density at radius 3 is 2.73 bits per heavy atom. The fraction of sp³-hybridized carbons (Fsp3) is 0.429. The van der Waals surface area contributed by atoms with Crippen LogP contribution < -0.4 is 5.73 Å². The van der Waals surface area contributed by atoms with Gasteiger partial charge in [0.2, 0.25) is 0 Å². The van der Waals surface area contributed by atoms with Crippen LogP contribution in [-0.2, 0) is 12.8 Å². The number of fused-ring (bicyclic) bond motifs is 1. The minimum Gasteiger partial charge on any atom is -0.324 e. The van der Waals surface area contributed by atoms with Gasteiger partial charge in [-0.05, 0) is 43.2 Å². The van der Waals surface area contributed by atoms with E-state index >= 15 is 0 Å². The van der Waals surface area contributed by atoms with E-state index in [0.29, 0.717) is 5.92 Å². The summed E-state index contributed by atoms with van der Waals surface area (Å²) in [5.41, 5.74) is 10.2. The molecule has 1 aliphatic rings. The molecule has 1 heteroatoms. The molecule has 0 amide bonds. The lowest BCUT2D eigenvalue weighted by molar-refractivity contribution is 0.406. The number of benzene rings is 1. The topological polar surface area (TPSA) is 26.0 Å². The van der Waals surface area contributed by atoms with Crippen LogP contribution in [0.2, 0.25) is 0 Å². The molecule has 2 rings (SSSR count). The number of hydrogen-bond donors (Lipinski definition) is 1. The van der Waals surface area contributed by atoms with E-state index in [1.54, 1.807) is 0 Å². The number of hydrogen-bond acceptors (Lipinski definition) is 1. The fourth-order valence-corrected chi connectivity index (χ4v) is 2.43. The lowest BCUT2D eigenvalue weighted by Crippen LogP contribution is -2.34. The van der Waals surface area contributed by atoms with E-state index in [4.69, 9.17) is 5.73 Å². The molecular weight excluding hydrogens is 182 g/mol. The molecule has 2 atom stereocenters. The van der Waals surface area contributed by atoms with Crippen molar-refractivity contribution < 1.29 is 0 Å². The Labute approximate surface area is 92.0 Å². The van der Waals surface area contributed by atoms with E-state index in [1.165, 1.54) is 24.0 Å². The SMILES string of the molecule is C=C(C)C(N)C1CCc2ccccc2C1. The van der Waals surface area contributed by atoms with Gasteiger partial charge in [0.1, 0.15) is 0 Å². The summed E-state index contributed by atoms with van der Waals surface area (Å²) < 4.78 is 0. The zero-order chi connectivity index (χ0) is 10.8. The van der Waals surface area contributed by atoms with Crippen LogP contribution in [0.25, 0.3) is 0 Å². The maximum Gasteiger partial charge on any atom is 0.0280 e. The first kappa shape index (κ1) is 10.4. The minimum atomic E-state index is 0.165. The molecule has 1 nitrogen and oxygen atoms in total. The highest BCUT2D eigenvalue weighted by molar-refractivity contribution is 5.30. The van der Waals surface area contributed by atoms with E-state index in [2.05, 4.69) is 30.8 Å². The van der Waals surface area contributed by atoms with Gasteiger partial charge in [-0.1, -0.05) is 36.4 Å². The molecule has 0 saturated carbocycles. The van der Waals surface area contributed by atoms with Crippen LogP contribution in [0.15, 0.2) is 36.4 Å². The molecule has 0 fully saturated rings. The van der Waals surface area contributed by atoms with Crippen LogP contribution in [-0.4, -0.2) is 6.04 Å². The van der Waals surface area contributed by atoms with Gasteiger partial charge in [-0.15, -0.1) is 0 Å². The Morgan fingerprint density at radius 2 is 2.07 bits per heavy atom. The Balaban J connectivity index is 2.15. The van der Waals surface area contributed by atoms with Crippen molar-refractivity contribution in [2.45, 2.75) is 32.2 Å². The van der Waals surface area contributed by atoms with Gasteiger partial charge in [-0.2, -0.15) is 0 Å². The minimum absolute atomic E-state index is 0.165. The van der Waals surface area contributed by atoms with E-state index in [0.717, 1.165) is 12.0 Å². The fourth-order valence-electron chi connectivity index (χ4n) is 2.43. The Bertz CT molecular complexity index is 367. The van der Waals surface area contributed by atoms with Crippen LogP contribution in [0.4, 0.5) is 0 Å². The molecule has 0 bridgehead atoms. The van der Waals surface area contributed by atoms with Gasteiger partial charge in [0.15, 0.2) is 0 Å². The Morgan fingerprint density at radius 1 is 1.40 bits per heavy atom. The molecule has 0 spiro atoms.